The van der Waals surface area contributed by atoms with Crippen LogP contribution in [0.4, 0.5) is 5.69 Å². The van der Waals surface area contributed by atoms with E-state index in [2.05, 4.69) is 32.0 Å². The van der Waals surface area contributed by atoms with E-state index in [4.69, 9.17) is 5.73 Å². The molecule has 1 nitrogen and oxygen atoms in total. The normalized spacial score (nSPS) is 40.0. The van der Waals surface area contributed by atoms with Crippen LogP contribution in [0.1, 0.15) is 56.1 Å². The zero-order valence-electron chi connectivity index (χ0n) is 12.8. The Bertz CT molecular complexity index is 490. The van der Waals surface area contributed by atoms with E-state index in [1.165, 1.54) is 36.8 Å². The van der Waals surface area contributed by atoms with E-state index in [0.717, 1.165) is 35.3 Å². The predicted molar refractivity (Wildman–Crippen MR) is 84.5 cm³/mol. The molecule has 2 N–H and O–H groups in total. The summed E-state index contributed by atoms with van der Waals surface area (Å²) in [6, 6.07) is 6.59. The molecule has 0 amide bonds. The standard InChI is InChI=1S/C19H27N/c1-11-3-4-18(20)17(5-11)12(2)19-15-7-13-6-14(9-15)10-16(19)8-13/h3-5,12-16,19H,6-10,20H2,1-2H3. The molecule has 5 rings (SSSR count). The van der Waals surface area contributed by atoms with Gasteiger partial charge in [0, 0.05) is 5.69 Å². The maximum atomic E-state index is 6.28. The van der Waals surface area contributed by atoms with E-state index in [-0.39, 0.29) is 0 Å². The Morgan fingerprint density at radius 2 is 1.60 bits per heavy atom. The second kappa shape index (κ2) is 4.51. The largest absolute Gasteiger partial charge is 0.398 e. The van der Waals surface area contributed by atoms with Crippen LogP contribution < -0.4 is 5.73 Å². The summed E-state index contributed by atoms with van der Waals surface area (Å²) in [7, 11) is 0. The number of aryl methyl sites for hydroxylation is 1. The summed E-state index contributed by atoms with van der Waals surface area (Å²) in [5, 5.41) is 0. The third kappa shape index (κ3) is 1.89. The Morgan fingerprint density at radius 1 is 1.00 bits per heavy atom. The highest BCUT2D eigenvalue weighted by atomic mass is 14.6. The highest BCUT2D eigenvalue weighted by Gasteiger charge is 2.49. The average molecular weight is 269 g/mol. The van der Waals surface area contributed by atoms with Crippen LogP contribution in [0.25, 0.3) is 0 Å². The highest BCUT2D eigenvalue weighted by Crippen LogP contribution is 2.59. The van der Waals surface area contributed by atoms with Gasteiger partial charge in [-0.05, 0) is 86.2 Å². The molecular formula is C19H27N. The lowest BCUT2D eigenvalue weighted by atomic mass is 9.49. The van der Waals surface area contributed by atoms with Crippen molar-refractivity contribution in [1.29, 1.82) is 0 Å². The molecule has 0 aromatic heterocycles. The second-order valence-corrected chi connectivity index (χ2v) is 7.93. The molecule has 4 aliphatic carbocycles. The summed E-state index contributed by atoms with van der Waals surface area (Å²) in [6.07, 6.45) is 7.57. The fraction of sp³-hybridized carbons (Fsp3) is 0.684. The summed E-state index contributed by atoms with van der Waals surface area (Å²) >= 11 is 0. The molecule has 4 saturated carbocycles. The first-order valence-electron chi connectivity index (χ1n) is 8.48. The van der Waals surface area contributed by atoms with E-state index >= 15 is 0 Å². The number of hydrogen-bond donors (Lipinski definition) is 1. The zero-order chi connectivity index (χ0) is 13.9. The molecule has 1 aromatic carbocycles. The first kappa shape index (κ1) is 12.7. The van der Waals surface area contributed by atoms with Crippen molar-refractivity contribution in [2.45, 2.75) is 51.9 Å². The molecule has 4 aliphatic rings. The first-order valence-corrected chi connectivity index (χ1v) is 8.48. The minimum Gasteiger partial charge on any atom is -0.398 e. The van der Waals surface area contributed by atoms with Gasteiger partial charge in [-0.3, -0.25) is 0 Å². The Hall–Kier alpha value is -0.980. The van der Waals surface area contributed by atoms with Crippen LogP contribution in [-0.4, -0.2) is 0 Å². The van der Waals surface area contributed by atoms with Gasteiger partial charge in [0.2, 0.25) is 0 Å². The van der Waals surface area contributed by atoms with Crippen molar-refractivity contribution in [1.82, 2.24) is 0 Å². The number of nitrogen functional groups attached to an aromatic ring is 1. The fourth-order valence-corrected chi connectivity index (χ4v) is 6.08. The van der Waals surface area contributed by atoms with Gasteiger partial charge in [-0.15, -0.1) is 0 Å². The smallest absolute Gasteiger partial charge is 0.0349 e. The molecule has 108 valence electrons. The van der Waals surface area contributed by atoms with Gasteiger partial charge >= 0.3 is 0 Å². The molecule has 0 radical (unpaired) electrons. The van der Waals surface area contributed by atoms with E-state index in [9.17, 15) is 0 Å². The van der Waals surface area contributed by atoms with Crippen LogP contribution in [0.15, 0.2) is 18.2 Å². The van der Waals surface area contributed by atoms with Gasteiger partial charge in [0.15, 0.2) is 0 Å². The summed E-state index contributed by atoms with van der Waals surface area (Å²) in [6.45, 7) is 4.63. The van der Waals surface area contributed by atoms with Crippen LogP contribution in [0.2, 0.25) is 0 Å². The molecule has 1 atom stereocenters. The quantitative estimate of drug-likeness (QED) is 0.770. The molecule has 1 aromatic rings. The molecule has 1 unspecified atom stereocenters. The maximum Gasteiger partial charge on any atom is 0.0349 e. The minimum atomic E-state index is 0.643. The predicted octanol–water partition coefficient (Wildman–Crippen LogP) is 4.75. The van der Waals surface area contributed by atoms with E-state index < -0.39 is 0 Å². The summed E-state index contributed by atoms with van der Waals surface area (Å²) < 4.78 is 0. The lowest BCUT2D eigenvalue weighted by Crippen LogP contribution is -2.46. The Balaban J connectivity index is 1.65. The molecule has 1 heteroatoms. The summed E-state index contributed by atoms with van der Waals surface area (Å²) in [5.41, 5.74) is 10.1. The molecule has 0 aliphatic heterocycles. The number of rotatable bonds is 2. The van der Waals surface area contributed by atoms with Crippen LogP contribution >= 0.6 is 0 Å². The molecule has 4 fully saturated rings. The summed E-state index contributed by atoms with van der Waals surface area (Å²) in [5.74, 6) is 5.64. The number of hydrogen-bond acceptors (Lipinski definition) is 1. The average Bonchev–Trinajstić information content (AvgIpc) is 2.40. The van der Waals surface area contributed by atoms with Crippen molar-refractivity contribution in [2.75, 3.05) is 5.73 Å². The van der Waals surface area contributed by atoms with Crippen molar-refractivity contribution < 1.29 is 0 Å². The SMILES string of the molecule is Cc1ccc(N)c(C(C)C2C3CC4CC(C3)CC2C4)c1. The van der Waals surface area contributed by atoms with E-state index in [0.29, 0.717) is 5.92 Å². The highest BCUT2D eigenvalue weighted by molar-refractivity contribution is 5.50. The molecule has 0 heterocycles. The first-order chi connectivity index (χ1) is 9.61. The van der Waals surface area contributed by atoms with Gasteiger partial charge < -0.3 is 5.73 Å². The van der Waals surface area contributed by atoms with Crippen molar-refractivity contribution in [3.8, 4) is 0 Å². The zero-order valence-corrected chi connectivity index (χ0v) is 12.8. The van der Waals surface area contributed by atoms with Gasteiger partial charge in [-0.25, -0.2) is 0 Å². The van der Waals surface area contributed by atoms with Crippen LogP contribution in [0, 0.1) is 36.5 Å². The van der Waals surface area contributed by atoms with Gasteiger partial charge in [-0.2, -0.15) is 0 Å². The number of anilines is 1. The summed E-state index contributed by atoms with van der Waals surface area (Å²) in [4.78, 5) is 0. The maximum absolute atomic E-state index is 6.28. The topological polar surface area (TPSA) is 26.0 Å². The third-order valence-corrected chi connectivity index (χ3v) is 6.61. The number of benzene rings is 1. The van der Waals surface area contributed by atoms with Gasteiger partial charge in [0.05, 0.1) is 0 Å². The Labute approximate surface area is 122 Å². The van der Waals surface area contributed by atoms with Crippen LogP contribution in [-0.2, 0) is 0 Å². The van der Waals surface area contributed by atoms with Crippen LogP contribution in [0.3, 0.4) is 0 Å². The molecule has 0 spiro atoms. The molecule has 4 bridgehead atoms. The van der Waals surface area contributed by atoms with Gasteiger partial charge in [0.25, 0.3) is 0 Å². The number of nitrogens with two attached hydrogens (primary N) is 1. The van der Waals surface area contributed by atoms with Gasteiger partial charge in [0.1, 0.15) is 0 Å². The van der Waals surface area contributed by atoms with Gasteiger partial charge in [-0.1, -0.05) is 24.6 Å². The lowest BCUT2D eigenvalue weighted by Gasteiger charge is -2.56. The Morgan fingerprint density at radius 3 is 2.20 bits per heavy atom. The second-order valence-electron chi connectivity index (χ2n) is 7.93. The van der Waals surface area contributed by atoms with Crippen molar-refractivity contribution in [3.05, 3.63) is 29.3 Å². The lowest BCUT2D eigenvalue weighted by molar-refractivity contribution is -0.0455. The molecular weight excluding hydrogens is 242 g/mol. The monoisotopic (exact) mass is 269 g/mol. The van der Waals surface area contributed by atoms with E-state index in [1.54, 1.807) is 6.42 Å². The molecule has 0 saturated heterocycles. The van der Waals surface area contributed by atoms with E-state index in [1.807, 2.05) is 0 Å². The van der Waals surface area contributed by atoms with Crippen molar-refractivity contribution in [2.24, 2.45) is 29.6 Å². The minimum absolute atomic E-state index is 0.643. The van der Waals surface area contributed by atoms with Crippen LogP contribution in [0.5, 0.6) is 0 Å². The van der Waals surface area contributed by atoms with Crippen molar-refractivity contribution >= 4 is 5.69 Å². The fourth-order valence-electron chi connectivity index (χ4n) is 6.08. The van der Waals surface area contributed by atoms with Crippen molar-refractivity contribution in [3.63, 3.8) is 0 Å². The molecule has 20 heavy (non-hydrogen) atoms. The third-order valence-electron chi connectivity index (χ3n) is 6.61. The Kier molecular flexibility index (Phi) is 2.87.